The van der Waals surface area contributed by atoms with E-state index in [0.29, 0.717) is 10.5 Å². The molecule has 0 saturated carbocycles. The highest BCUT2D eigenvalue weighted by molar-refractivity contribution is 7.28. The minimum Gasteiger partial charge on any atom is -0.206 e. The molecule has 1 aromatic heterocycles. The smallest absolute Gasteiger partial charge is 0.206 e. The van der Waals surface area contributed by atoms with Crippen molar-refractivity contribution in [2.45, 2.75) is 26.0 Å². The molecule has 0 aliphatic rings. The molecule has 1 rings (SSSR count). The lowest BCUT2D eigenvalue weighted by Crippen LogP contribution is -1.71. The third kappa shape index (κ3) is 1.52. The van der Waals surface area contributed by atoms with E-state index in [4.69, 9.17) is 0 Å². The number of thiazole rings is 1. The zero-order chi connectivity index (χ0) is 6.69. The van der Waals surface area contributed by atoms with Gasteiger partial charge >= 0.3 is 0 Å². The molecule has 0 amide bonds. The molecule has 2 heteroatoms. The van der Waals surface area contributed by atoms with Gasteiger partial charge in [-0.3, -0.25) is 0 Å². The van der Waals surface area contributed by atoms with Gasteiger partial charge in [0.1, 0.15) is 5.75 Å². The van der Waals surface area contributed by atoms with Crippen molar-refractivity contribution in [2.24, 2.45) is 0 Å². The maximum absolute atomic E-state index is 4.18. The van der Waals surface area contributed by atoms with Crippen LogP contribution < -0.4 is 0 Å². The molecule has 1 aromatic rings. The maximum Gasteiger partial charge on any atom is 0.238 e. The Morgan fingerprint density at radius 2 is 2.44 bits per heavy atom. The van der Waals surface area contributed by atoms with E-state index < -0.39 is 0 Å². The van der Waals surface area contributed by atoms with Crippen LogP contribution in [0.15, 0.2) is 11.6 Å². The Bertz CT molecular complexity index is 181. The summed E-state index contributed by atoms with van der Waals surface area (Å²) in [6.07, 6.45) is 3.19. The molecule has 1 unspecified atom stereocenters. The first-order valence-electron chi connectivity index (χ1n) is 3.25. The van der Waals surface area contributed by atoms with Crippen molar-refractivity contribution >= 4 is 10.5 Å². The van der Waals surface area contributed by atoms with Crippen molar-refractivity contribution in [2.75, 3.05) is 0 Å². The number of rotatable bonds is 2. The highest BCUT2D eigenvalue weighted by Gasteiger charge is 2.06. The lowest BCUT2D eigenvalue weighted by Gasteiger charge is -1.82. The lowest BCUT2D eigenvalue weighted by atomic mass is 10.6. The van der Waals surface area contributed by atoms with Crippen molar-refractivity contribution in [3.05, 3.63) is 16.6 Å². The Kier molecular flexibility index (Phi) is 2.22. The van der Waals surface area contributed by atoms with Crippen LogP contribution in [0.2, 0.25) is 0 Å². The van der Waals surface area contributed by atoms with Crippen LogP contribution in [0.25, 0.3) is 0 Å². The number of aromatic nitrogens is 1. The molecule has 0 N–H and O–H groups in total. The summed E-state index contributed by atoms with van der Waals surface area (Å²) in [4.78, 5) is 4.18. The molecule has 0 aromatic carbocycles. The number of hydrogen-bond donors (Lipinski definition) is 0. The predicted molar refractivity (Wildman–Crippen MR) is 41.7 cm³/mol. The highest BCUT2D eigenvalue weighted by Crippen LogP contribution is 2.22. The van der Waals surface area contributed by atoms with E-state index in [2.05, 4.69) is 24.2 Å². The van der Waals surface area contributed by atoms with Gasteiger partial charge in [-0.1, -0.05) is 6.92 Å². The summed E-state index contributed by atoms with van der Waals surface area (Å²) in [6, 6.07) is 0. The summed E-state index contributed by atoms with van der Waals surface area (Å²) >= 11 is 0. The zero-order valence-corrected chi connectivity index (χ0v) is 6.74. The minimum atomic E-state index is 0.397. The molecule has 0 fully saturated rings. The minimum absolute atomic E-state index is 0.397. The number of nitrogens with zero attached hydrogens (tertiary/aromatic N) is 1. The SMILES string of the molecule is CCC[s+]1ccnc1C. The Balaban J connectivity index is 2.69. The number of aryl methyl sites for hydroxylation is 2. The molecule has 0 saturated heterocycles. The van der Waals surface area contributed by atoms with Crippen molar-refractivity contribution in [1.29, 1.82) is 0 Å². The van der Waals surface area contributed by atoms with E-state index in [1.54, 1.807) is 0 Å². The van der Waals surface area contributed by atoms with Crippen LogP contribution in [0.4, 0.5) is 0 Å². The molecule has 0 bridgehead atoms. The van der Waals surface area contributed by atoms with Crippen LogP contribution in [-0.2, 0) is 5.75 Å². The van der Waals surface area contributed by atoms with Gasteiger partial charge in [0, 0.05) is 17.4 Å². The van der Waals surface area contributed by atoms with Crippen molar-refractivity contribution in [3.63, 3.8) is 0 Å². The van der Waals surface area contributed by atoms with E-state index in [0.717, 1.165) is 0 Å². The Morgan fingerprint density at radius 1 is 1.67 bits per heavy atom. The Labute approximate surface area is 58.7 Å². The van der Waals surface area contributed by atoms with E-state index in [1.165, 1.54) is 17.2 Å². The van der Waals surface area contributed by atoms with Gasteiger partial charge in [-0.2, -0.15) is 0 Å². The predicted octanol–water partition coefficient (Wildman–Crippen LogP) is 2.55. The molecular formula is C7H12NS+. The van der Waals surface area contributed by atoms with Crippen LogP contribution in [0.1, 0.15) is 18.4 Å². The van der Waals surface area contributed by atoms with Crippen LogP contribution in [-0.4, -0.2) is 4.98 Å². The van der Waals surface area contributed by atoms with Gasteiger partial charge in [-0.15, -0.1) is 0 Å². The fourth-order valence-electron chi connectivity index (χ4n) is 0.811. The number of hydrogen-bond acceptors (Lipinski definition) is 1. The van der Waals surface area contributed by atoms with E-state index in [-0.39, 0.29) is 0 Å². The maximum atomic E-state index is 4.18. The molecule has 1 heterocycles. The molecule has 50 valence electrons. The average Bonchev–Trinajstić information content (AvgIpc) is 2.18. The first kappa shape index (κ1) is 6.75. The third-order valence-corrected chi connectivity index (χ3v) is 3.45. The summed E-state index contributed by atoms with van der Waals surface area (Å²) < 4.78 is 0. The van der Waals surface area contributed by atoms with Gasteiger partial charge in [-0.05, 0) is 6.42 Å². The van der Waals surface area contributed by atoms with E-state index in [9.17, 15) is 0 Å². The summed E-state index contributed by atoms with van der Waals surface area (Å²) in [5, 5.41) is 3.51. The van der Waals surface area contributed by atoms with Crippen LogP contribution >= 0.6 is 10.5 Å². The second-order valence-electron chi connectivity index (χ2n) is 2.07. The molecule has 1 nitrogen and oxygen atoms in total. The largest absolute Gasteiger partial charge is 0.238 e. The molecule has 9 heavy (non-hydrogen) atoms. The van der Waals surface area contributed by atoms with Gasteiger partial charge in [0.05, 0.1) is 6.20 Å². The first-order valence-corrected chi connectivity index (χ1v) is 4.71. The Hall–Kier alpha value is -0.370. The lowest BCUT2D eigenvalue weighted by molar-refractivity contribution is 1.03. The van der Waals surface area contributed by atoms with Gasteiger partial charge in [-0.25, -0.2) is 4.98 Å². The van der Waals surface area contributed by atoms with Gasteiger partial charge in [0.15, 0.2) is 5.38 Å². The molecule has 0 radical (unpaired) electrons. The van der Waals surface area contributed by atoms with Crippen molar-refractivity contribution in [1.82, 2.24) is 4.98 Å². The molecule has 0 aliphatic carbocycles. The average molecular weight is 142 g/mol. The Morgan fingerprint density at radius 3 is 2.89 bits per heavy atom. The second-order valence-corrected chi connectivity index (χ2v) is 4.20. The van der Waals surface area contributed by atoms with Gasteiger partial charge in [0.2, 0.25) is 5.01 Å². The first-order chi connectivity index (χ1) is 4.34. The molecule has 0 spiro atoms. The standard InChI is InChI=1S/C7H12NS/c1-3-5-9-6-4-8-7(9)2/h4,6H,3,5H2,1-2H3/q+1. The van der Waals surface area contributed by atoms with Crippen molar-refractivity contribution < 1.29 is 0 Å². The van der Waals surface area contributed by atoms with Gasteiger partial charge in [0.25, 0.3) is 0 Å². The summed E-state index contributed by atoms with van der Waals surface area (Å²) in [5.74, 6) is 1.28. The van der Waals surface area contributed by atoms with Crippen LogP contribution in [0.5, 0.6) is 0 Å². The molecule has 1 atom stereocenters. The third-order valence-electron chi connectivity index (χ3n) is 1.28. The summed E-state index contributed by atoms with van der Waals surface area (Å²) in [5.41, 5.74) is 0. The van der Waals surface area contributed by atoms with Gasteiger partial charge < -0.3 is 0 Å². The van der Waals surface area contributed by atoms with E-state index in [1.807, 2.05) is 6.20 Å². The van der Waals surface area contributed by atoms with Crippen LogP contribution in [0, 0.1) is 6.92 Å². The highest BCUT2D eigenvalue weighted by atomic mass is 32.2. The monoisotopic (exact) mass is 142 g/mol. The normalized spacial score (nSPS) is 12.0. The van der Waals surface area contributed by atoms with Crippen LogP contribution in [0.3, 0.4) is 0 Å². The second kappa shape index (κ2) is 2.97. The fraction of sp³-hybridized carbons (Fsp3) is 0.571. The topological polar surface area (TPSA) is 12.9 Å². The zero-order valence-electron chi connectivity index (χ0n) is 5.92. The quantitative estimate of drug-likeness (QED) is 0.578. The molecular weight excluding hydrogens is 130 g/mol. The summed E-state index contributed by atoms with van der Waals surface area (Å²) in [6.45, 7) is 4.32. The fourth-order valence-corrected chi connectivity index (χ4v) is 2.28. The van der Waals surface area contributed by atoms with E-state index >= 15 is 0 Å². The summed E-state index contributed by atoms with van der Waals surface area (Å²) in [7, 11) is 0.397. The van der Waals surface area contributed by atoms with Crippen molar-refractivity contribution in [3.8, 4) is 0 Å². The molecule has 0 aliphatic heterocycles.